The summed E-state index contributed by atoms with van der Waals surface area (Å²) < 4.78 is 28.0. The molecule has 0 bridgehead atoms. The van der Waals surface area contributed by atoms with E-state index in [-0.39, 0.29) is 10.5 Å². The van der Waals surface area contributed by atoms with E-state index in [1.165, 1.54) is 4.90 Å². The molecule has 0 saturated carbocycles. The Bertz CT molecular complexity index is 479. The summed E-state index contributed by atoms with van der Waals surface area (Å²) in [5.74, 6) is -2.26. The van der Waals surface area contributed by atoms with Gasteiger partial charge in [-0.1, -0.05) is 15.9 Å². The number of rotatable bonds is 2. The molecule has 110 valence electrons. The van der Waals surface area contributed by atoms with E-state index in [0.29, 0.717) is 0 Å². The van der Waals surface area contributed by atoms with E-state index < -0.39 is 23.1 Å². The van der Waals surface area contributed by atoms with Gasteiger partial charge in [-0.2, -0.15) is 0 Å². The van der Waals surface area contributed by atoms with Gasteiger partial charge in [-0.05, 0) is 44.5 Å². The fourth-order valence-electron chi connectivity index (χ4n) is 2.48. The van der Waals surface area contributed by atoms with Gasteiger partial charge in [0.25, 0.3) is 5.91 Å². The molecule has 1 aromatic rings. The minimum absolute atomic E-state index is 0.0138. The van der Waals surface area contributed by atoms with E-state index in [0.717, 1.165) is 44.5 Å². The first-order chi connectivity index (χ1) is 9.50. The Morgan fingerprint density at radius 2 is 1.95 bits per heavy atom. The number of nitrogens with one attached hydrogen (secondary N) is 1. The molecule has 0 radical (unpaired) electrons. The van der Waals surface area contributed by atoms with Gasteiger partial charge in [-0.3, -0.25) is 4.79 Å². The molecule has 1 aliphatic rings. The van der Waals surface area contributed by atoms with Crippen molar-refractivity contribution in [2.75, 3.05) is 20.1 Å². The van der Waals surface area contributed by atoms with Gasteiger partial charge in [0.05, 0.1) is 0 Å². The van der Waals surface area contributed by atoms with Crippen LogP contribution >= 0.6 is 15.9 Å². The third-order valence-corrected chi connectivity index (χ3v) is 4.09. The number of carbonyl (C=O) groups excluding carboxylic acids is 1. The number of benzene rings is 1. The maximum Gasteiger partial charge on any atom is 0.259 e. The van der Waals surface area contributed by atoms with Crippen LogP contribution in [-0.4, -0.2) is 37.0 Å². The molecule has 1 atom stereocenters. The van der Waals surface area contributed by atoms with Gasteiger partial charge >= 0.3 is 0 Å². The molecule has 1 saturated heterocycles. The van der Waals surface area contributed by atoms with Gasteiger partial charge in [0, 0.05) is 17.6 Å². The largest absolute Gasteiger partial charge is 0.338 e. The van der Waals surface area contributed by atoms with Crippen molar-refractivity contribution in [3.05, 3.63) is 33.8 Å². The molecule has 0 spiro atoms. The second kappa shape index (κ2) is 6.63. The summed E-state index contributed by atoms with van der Waals surface area (Å²) >= 11 is 3.01. The van der Waals surface area contributed by atoms with Crippen molar-refractivity contribution in [3.63, 3.8) is 0 Å². The molecule has 1 aliphatic heterocycles. The smallest absolute Gasteiger partial charge is 0.259 e. The number of halogens is 3. The minimum atomic E-state index is -0.833. The first-order valence-electron chi connectivity index (χ1n) is 6.63. The molecule has 3 nitrogen and oxygen atoms in total. The summed E-state index contributed by atoms with van der Waals surface area (Å²) in [4.78, 5) is 13.8. The lowest BCUT2D eigenvalue weighted by atomic mass is 10.1. The second-order valence-corrected chi connectivity index (χ2v) is 5.91. The Kier molecular flexibility index (Phi) is 5.10. The molecule has 1 unspecified atom stereocenters. The monoisotopic (exact) mass is 346 g/mol. The summed E-state index contributed by atoms with van der Waals surface area (Å²) in [5.41, 5.74) is -0.479. The highest BCUT2D eigenvalue weighted by Gasteiger charge is 2.26. The van der Waals surface area contributed by atoms with E-state index in [4.69, 9.17) is 0 Å². The summed E-state index contributed by atoms with van der Waals surface area (Å²) in [6.45, 7) is 1.73. The van der Waals surface area contributed by atoms with Crippen molar-refractivity contribution in [1.29, 1.82) is 0 Å². The molecule has 1 heterocycles. The first kappa shape index (κ1) is 15.4. The lowest BCUT2D eigenvalue weighted by Crippen LogP contribution is -2.38. The molecular formula is C14H17BrF2N2O. The fraction of sp³-hybridized carbons (Fsp3) is 0.500. The van der Waals surface area contributed by atoms with Crippen LogP contribution in [0.25, 0.3) is 0 Å². The molecule has 2 rings (SSSR count). The number of hydrogen-bond acceptors (Lipinski definition) is 2. The molecule has 0 aromatic heterocycles. The Balaban J connectivity index is 2.22. The van der Waals surface area contributed by atoms with Gasteiger partial charge < -0.3 is 10.2 Å². The molecule has 1 fully saturated rings. The van der Waals surface area contributed by atoms with E-state index in [1.807, 2.05) is 0 Å². The van der Waals surface area contributed by atoms with Gasteiger partial charge in [-0.25, -0.2) is 8.78 Å². The highest BCUT2D eigenvalue weighted by Crippen LogP contribution is 2.22. The lowest BCUT2D eigenvalue weighted by Gasteiger charge is -2.27. The molecule has 1 amide bonds. The van der Waals surface area contributed by atoms with Gasteiger partial charge in [0.2, 0.25) is 0 Å². The molecule has 0 aliphatic carbocycles. The first-order valence-corrected chi connectivity index (χ1v) is 7.42. The maximum absolute atomic E-state index is 13.8. The summed E-state index contributed by atoms with van der Waals surface area (Å²) in [5, 5.41) is 3.25. The Morgan fingerprint density at radius 3 is 2.60 bits per heavy atom. The average Bonchev–Trinajstić information content (AvgIpc) is 2.65. The zero-order chi connectivity index (χ0) is 14.7. The zero-order valence-corrected chi connectivity index (χ0v) is 12.8. The van der Waals surface area contributed by atoms with Crippen molar-refractivity contribution >= 4 is 21.8 Å². The molecular weight excluding hydrogens is 330 g/mol. The van der Waals surface area contributed by atoms with Crippen molar-refractivity contribution in [2.24, 2.45) is 0 Å². The Hall–Kier alpha value is -1.01. The van der Waals surface area contributed by atoms with Crippen LogP contribution < -0.4 is 5.32 Å². The molecule has 1 N–H and O–H groups in total. The second-order valence-electron chi connectivity index (χ2n) is 5.00. The van der Waals surface area contributed by atoms with Gasteiger partial charge in [-0.15, -0.1) is 0 Å². The third kappa shape index (κ3) is 3.35. The van der Waals surface area contributed by atoms with Crippen LogP contribution in [0.5, 0.6) is 0 Å². The predicted molar refractivity (Wildman–Crippen MR) is 76.7 cm³/mol. The quantitative estimate of drug-likeness (QED) is 0.892. The minimum Gasteiger partial charge on any atom is -0.338 e. The van der Waals surface area contributed by atoms with E-state index in [9.17, 15) is 13.6 Å². The van der Waals surface area contributed by atoms with E-state index in [1.54, 1.807) is 7.05 Å². The molecule has 6 heteroatoms. The number of carbonyl (C=O) groups is 1. The van der Waals surface area contributed by atoms with Gasteiger partial charge in [0.1, 0.15) is 17.2 Å². The summed E-state index contributed by atoms with van der Waals surface area (Å²) in [6, 6.07) is 2.23. The lowest BCUT2D eigenvalue weighted by molar-refractivity contribution is 0.0710. The Labute approximate surface area is 125 Å². The highest BCUT2D eigenvalue weighted by molar-refractivity contribution is 9.10. The molecule has 1 aromatic carbocycles. The van der Waals surface area contributed by atoms with Crippen molar-refractivity contribution in [1.82, 2.24) is 10.2 Å². The molecule has 20 heavy (non-hydrogen) atoms. The van der Waals surface area contributed by atoms with E-state index in [2.05, 4.69) is 21.2 Å². The van der Waals surface area contributed by atoms with Crippen LogP contribution in [0.1, 0.15) is 29.6 Å². The highest BCUT2D eigenvalue weighted by atomic mass is 79.9. The predicted octanol–water partition coefficient (Wildman–Crippen LogP) is 2.94. The van der Waals surface area contributed by atoms with E-state index >= 15 is 0 Å². The topological polar surface area (TPSA) is 32.3 Å². The Morgan fingerprint density at radius 1 is 1.30 bits per heavy atom. The SMILES string of the molecule is CN(C(=O)c1c(F)cc(Br)cc1F)C1CCCNCC1. The zero-order valence-electron chi connectivity index (χ0n) is 11.3. The van der Waals surface area contributed by atoms with Crippen molar-refractivity contribution < 1.29 is 13.6 Å². The van der Waals surface area contributed by atoms with Crippen molar-refractivity contribution in [2.45, 2.75) is 25.3 Å². The third-order valence-electron chi connectivity index (χ3n) is 3.63. The van der Waals surface area contributed by atoms with Crippen molar-refractivity contribution in [3.8, 4) is 0 Å². The summed E-state index contributed by atoms with van der Waals surface area (Å²) in [7, 11) is 1.61. The van der Waals surface area contributed by atoms with Crippen LogP contribution in [0.3, 0.4) is 0 Å². The van der Waals surface area contributed by atoms with Crippen LogP contribution in [0.15, 0.2) is 16.6 Å². The normalized spacial score (nSPS) is 19.5. The van der Waals surface area contributed by atoms with Crippen LogP contribution in [0.2, 0.25) is 0 Å². The number of nitrogens with zero attached hydrogens (tertiary/aromatic N) is 1. The number of amides is 1. The maximum atomic E-state index is 13.8. The van der Waals surface area contributed by atoms with Crippen LogP contribution in [-0.2, 0) is 0 Å². The van der Waals surface area contributed by atoms with Crippen LogP contribution in [0, 0.1) is 11.6 Å². The van der Waals surface area contributed by atoms with Crippen LogP contribution in [0.4, 0.5) is 8.78 Å². The fourth-order valence-corrected chi connectivity index (χ4v) is 2.88. The summed E-state index contributed by atoms with van der Waals surface area (Å²) in [6.07, 6.45) is 2.59. The van der Waals surface area contributed by atoms with Gasteiger partial charge in [0.15, 0.2) is 0 Å². The number of hydrogen-bond donors (Lipinski definition) is 1. The average molecular weight is 347 g/mol. The standard InChI is InChI=1S/C14H17BrF2N2O/c1-19(10-3-2-5-18-6-4-10)14(20)13-11(16)7-9(15)8-12(13)17/h7-8,10,18H,2-6H2,1H3.